The second-order valence-electron chi connectivity index (χ2n) is 6.92. The molecule has 0 aromatic heterocycles. The number of amides is 1. The minimum absolute atomic E-state index is 0.0301. The van der Waals surface area contributed by atoms with E-state index in [1.807, 2.05) is 0 Å². The van der Waals surface area contributed by atoms with Crippen LogP contribution in [0.5, 0.6) is 0 Å². The summed E-state index contributed by atoms with van der Waals surface area (Å²) in [6.07, 6.45) is 3.27. The maximum absolute atomic E-state index is 12.4. The Morgan fingerprint density at radius 1 is 1.21 bits per heavy atom. The molecule has 29 heavy (non-hydrogen) atoms. The van der Waals surface area contributed by atoms with Gasteiger partial charge >= 0.3 is 0 Å². The fourth-order valence-corrected chi connectivity index (χ4v) is 4.42. The average molecular weight is 457 g/mol. The van der Waals surface area contributed by atoms with E-state index in [0.717, 1.165) is 19.1 Å². The summed E-state index contributed by atoms with van der Waals surface area (Å²) in [6, 6.07) is 11.7. The van der Waals surface area contributed by atoms with Crippen molar-refractivity contribution in [2.45, 2.75) is 31.9 Å². The molecule has 2 aromatic carbocycles. The van der Waals surface area contributed by atoms with Gasteiger partial charge in [-0.1, -0.05) is 35.3 Å². The smallest absolute Gasteiger partial charge is 0.232 e. The zero-order valence-electron chi connectivity index (χ0n) is 15.9. The minimum atomic E-state index is -3.57. The Kier molecular flexibility index (Phi) is 7.05. The normalized spacial score (nSPS) is 16.6. The van der Waals surface area contributed by atoms with E-state index in [4.69, 9.17) is 27.9 Å². The van der Waals surface area contributed by atoms with E-state index >= 15 is 0 Å². The van der Waals surface area contributed by atoms with Crippen LogP contribution in [-0.2, 0) is 26.1 Å². The topological polar surface area (TPSA) is 75.7 Å². The first kappa shape index (κ1) is 21.9. The van der Waals surface area contributed by atoms with Gasteiger partial charge in [-0.3, -0.25) is 9.10 Å². The molecule has 6 nitrogen and oxygen atoms in total. The van der Waals surface area contributed by atoms with Crippen molar-refractivity contribution in [2.75, 3.05) is 22.5 Å². The lowest BCUT2D eigenvalue weighted by Crippen LogP contribution is -2.29. The van der Waals surface area contributed by atoms with Crippen molar-refractivity contribution in [3.63, 3.8) is 0 Å². The van der Waals surface area contributed by atoms with Crippen molar-refractivity contribution < 1.29 is 17.9 Å². The Balaban J connectivity index is 1.73. The lowest BCUT2D eigenvalue weighted by Gasteiger charge is -2.23. The van der Waals surface area contributed by atoms with Crippen LogP contribution in [-0.4, -0.2) is 33.3 Å². The summed E-state index contributed by atoms with van der Waals surface area (Å²) in [7, 11) is -3.57. The van der Waals surface area contributed by atoms with E-state index in [1.165, 1.54) is 4.31 Å². The third kappa shape index (κ3) is 5.85. The number of hydrogen-bond donors (Lipinski definition) is 1. The summed E-state index contributed by atoms with van der Waals surface area (Å²) >= 11 is 12.3. The van der Waals surface area contributed by atoms with E-state index in [-0.39, 0.29) is 18.6 Å². The zero-order valence-corrected chi connectivity index (χ0v) is 18.2. The number of hydrogen-bond acceptors (Lipinski definition) is 4. The molecule has 1 amide bonds. The third-order valence-corrected chi connectivity index (χ3v) is 6.62. The van der Waals surface area contributed by atoms with Gasteiger partial charge in [-0.15, -0.1) is 0 Å². The first-order valence-corrected chi connectivity index (χ1v) is 11.8. The summed E-state index contributed by atoms with van der Waals surface area (Å²) in [5, 5.41) is 3.50. The standard InChI is InChI=1S/C20H22Cl2N2O4S/c1-29(26,27)24(13-14-4-2-6-18(21)20(14)22)16-9-7-15(8-10-16)23-19(25)12-17-5-3-11-28-17/h2,4,6-10,17H,3,5,11-13H2,1H3,(H,23,25). The van der Waals surface area contributed by atoms with Crippen LogP contribution in [0.4, 0.5) is 11.4 Å². The van der Waals surface area contributed by atoms with Crippen molar-refractivity contribution >= 4 is 50.5 Å². The molecule has 156 valence electrons. The van der Waals surface area contributed by atoms with Crippen LogP contribution >= 0.6 is 23.2 Å². The van der Waals surface area contributed by atoms with Crippen molar-refractivity contribution in [3.8, 4) is 0 Å². The van der Waals surface area contributed by atoms with Crippen LogP contribution in [0.25, 0.3) is 0 Å². The number of nitrogens with zero attached hydrogens (tertiary/aromatic N) is 1. The molecule has 0 bridgehead atoms. The van der Waals surface area contributed by atoms with Gasteiger partial charge in [-0.05, 0) is 48.7 Å². The number of sulfonamides is 1. The predicted octanol–water partition coefficient (Wildman–Crippen LogP) is 4.47. The number of nitrogens with one attached hydrogen (secondary N) is 1. The van der Waals surface area contributed by atoms with Crippen LogP contribution < -0.4 is 9.62 Å². The molecule has 0 aliphatic carbocycles. The largest absolute Gasteiger partial charge is 0.378 e. The van der Waals surface area contributed by atoms with Gasteiger partial charge in [0.2, 0.25) is 15.9 Å². The molecule has 1 saturated heterocycles. The number of carbonyl (C=O) groups is 1. The Morgan fingerprint density at radius 3 is 2.55 bits per heavy atom. The highest BCUT2D eigenvalue weighted by atomic mass is 35.5. The highest BCUT2D eigenvalue weighted by Gasteiger charge is 2.21. The van der Waals surface area contributed by atoms with E-state index in [2.05, 4.69) is 5.32 Å². The second-order valence-corrected chi connectivity index (χ2v) is 9.61. The van der Waals surface area contributed by atoms with E-state index < -0.39 is 10.0 Å². The molecule has 1 aliphatic rings. The first-order valence-electron chi connectivity index (χ1n) is 9.16. The molecule has 1 fully saturated rings. The van der Waals surface area contributed by atoms with Gasteiger partial charge < -0.3 is 10.1 Å². The van der Waals surface area contributed by atoms with Gasteiger partial charge in [-0.25, -0.2) is 8.42 Å². The number of benzene rings is 2. The zero-order chi connectivity index (χ0) is 21.0. The molecule has 1 atom stereocenters. The number of rotatable bonds is 7. The number of anilines is 2. The second kappa shape index (κ2) is 9.34. The van der Waals surface area contributed by atoms with Crippen molar-refractivity contribution in [1.82, 2.24) is 0 Å². The average Bonchev–Trinajstić information content (AvgIpc) is 3.15. The molecule has 0 spiro atoms. The Labute approximate surface area is 180 Å². The summed E-state index contributed by atoms with van der Waals surface area (Å²) in [5.74, 6) is -0.129. The van der Waals surface area contributed by atoms with Gasteiger partial charge in [0.25, 0.3) is 0 Å². The summed E-state index contributed by atoms with van der Waals surface area (Å²) in [6.45, 7) is 0.744. The summed E-state index contributed by atoms with van der Waals surface area (Å²) < 4.78 is 31.4. The van der Waals surface area contributed by atoms with Crippen molar-refractivity contribution in [3.05, 3.63) is 58.1 Å². The van der Waals surface area contributed by atoms with E-state index in [0.29, 0.717) is 40.0 Å². The Bertz CT molecular complexity index is 974. The number of carbonyl (C=O) groups excluding carboxylic acids is 1. The van der Waals surface area contributed by atoms with Gasteiger partial charge in [0.05, 0.1) is 41.1 Å². The van der Waals surface area contributed by atoms with E-state index in [9.17, 15) is 13.2 Å². The molecule has 9 heteroatoms. The van der Waals surface area contributed by atoms with Crippen LogP contribution in [0, 0.1) is 0 Å². The van der Waals surface area contributed by atoms with Crippen LogP contribution in [0.1, 0.15) is 24.8 Å². The summed E-state index contributed by atoms with van der Waals surface area (Å²) in [4.78, 5) is 12.1. The fourth-order valence-electron chi connectivity index (χ4n) is 3.16. The maximum Gasteiger partial charge on any atom is 0.232 e. The first-order chi connectivity index (χ1) is 13.7. The SMILES string of the molecule is CS(=O)(=O)N(Cc1cccc(Cl)c1Cl)c1ccc(NC(=O)CC2CCCO2)cc1. The van der Waals surface area contributed by atoms with Crippen LogP contribution in [0.3, 0.4) is 0 Å². The Morgan fingerprint density at radius 2 is 1.93 bits per heavy atom. The molecule has 3 rings (SSSR count). The molecular formula is C20H22Cl2N2O4S. The van der Waals surface area contributed by atoms with Gasteiger partial charge in [0.15, 0.2) is 0 Å². The monoisotopic (exact) mass is 456 g/mol. The van der Waals surface area contributed by atoms with Crippen molar-refractivity contribution in [2.24, 2.45) is 0 Å². The third-order valence-electron chi connectivity index (χ3n) is 4.62. The van der Waals surface area contributed by atoms with Crippen molar-refractivity contribution in [1.29, 1.82) is 0 Å². The quantitative estimate of drug-likeness (QED) is 0.666. The van der Waals surface area contributed by atoms with Crippen LogP contribution in [0.15, 0.2) is 42.5 Å². The molecule has 1 N–H and O–H groups in total. The molecular weight excluding hydrogens is 435 g/mol. The molecule has 1 unspecified atom stereocenters. The van der Waals surface area contributed by atoms with Crippen LogP contribution in [0.2, 0.25) is 10.0 Å². The van der Waals surface area contributed by atoms with Gasteiger partial charge in [-0.2, -0.15) is 0 Å². The lowest BCUT2D eigenvalue weighted by molar-refractivity contribution is -0.118. The maximum atomic E-state index is 12.4. The molecule has 1 aliphatic heterocycles. The minimum Gasteiger partial charge on any atom is -0.378 e. The number of halogens is 2. The summed E-state index contributed by atoms with van der Waals surface area (Å²) in [5.41, 5.74) is 1.64. The van der Waals surface area contributed by atoms with Gasteiger partial charge in [0.1, 0.15) is 0 Å². The molecule has 2 aromatic rings. The highest BCUT2D eigenvalue weighted by Crippen LogP contribution is 2.29. The fraction of sp³-hybridized carbons (Fsp3) is 0.350. The van der Waals surface area contributed by atoms with E-state index in [1.54, 1.807) is 42.5 Å². The lowest BCUT2D eigenvalue weighted by atomic mass is 10.1. The Hall–Kier alpha value is -1.80. The molecule has 1 heterocycles. The number of ether oxygens (including phenoxy) is 1. The highest BCUT2D eigenvalue weighted by molar-refractivity contribution is 7.92. The van der Waals surface area contributed by atoms with Gasteiger partial charge in [0, 0.05) is 12.3 Å². The molecule has 0 saturated carbocycles. The predicted molar refractivity (Wildman–Crippen MR) is 116 cm³/mol. The molecule has 0 radical (unpaired) electrons.